The summed E-state index contributed by atoms with van der Waals surface area (Å²) >= 11 is 12.1. The molecule has 1 aliphatic rings. The predicted octanol–water partition coefficient (Wildman–Crippen LogP) is 4.40. The van der Waals surface area contributed by atoms with E-state index in [1.807, 2.05) is 6.07 Å². The molecule has 3 nitrogen and oxygen atoms in total. The number of rotatable bonds is 1. The predicted molar refractivity (Wildman–Crippen MR) is 80.0 cm³/mol. The second kappa shape index (κ2) is 4.48. The summed E-state index contributed by atoms with van der Waals surface area (Å²) in [5.41, 5.74) is 4.82. The summed E-state index contributed by atoms with van der Waals surface area (Å²) in [6, 6.07) is 9.65. The van der Waals surface area contributed by atoms with E-state index in [0.29, 0.717) is 27.0 Å². The van der Waals surface area contributed by atoms with Crippen molar-refractivity contribution in [3.8, 4) is 11.5 Å². The van der Waals surface area contributed by atoms with Gasteiger partial charge in [0, 0.05) is 23.7 Å². The minimum absolute atomic E-state index is 0.481. The zero-order valence-electron chi connectivity index (χ0n) is 10.4. The van der Waals surface area contributed by atoms with Crippen molar-refractivity contribution in [2.75, 3.05) is 0 Å². The van der Waals surface area contributed by atoms with Crippen LogP contribution in [-0.4, -0.2) is 4.98 Å². The topological polar surface area (TPSA) is 38.1 Å². The summed E-state index contributed by atoms with van der Waals surface area (Å²) in [6.45, 7) is 1.81. The number of halogens is 2. The molecule has 3 aromatic rings. The van der Waals surface area contributed by atoms with E-state index in [1.54, 1.807) is 12.1 Å². The monoisotopic (exact) mass is 304 g/mol. The first-order chi connectivity index (χ1) is 9.70. The molecule has 0 unspecified atom stereocenters. The summed E-state index contributed by atoms with van der Waals surface area (Å²) in [4.78, 5) is 4.47. The molecule has 1 aliphatic heterocycles. The van der Waals surface area contributed by atoms with E-state index in [4.69, 9.17) is 27.6 Å². The minimum atomic E-state index is 0.481. The van der Waals surface area contributed by atoms with Crippen LogP contribution in [0, 0.1) is 0 Å². The number of hydrogen-bond donors (Lipinski definition) is 1. The van der Waals surface area contributed by atoms with Gasteiger partial charge in [-0.15, -0.1) is 0 Å². The Bertz CT molecular complexity index is 826. The van der Waals surface area contributed by atoms with E-state index in [9.17, 15) is 0 Å². The van der Waals surface area contributed by atoms with Crippen molar-refractivity contribution in [1.82, 2.24) is 10.3 Å². The van der Waals surface area contributed by atoms with E-state index in [-0.39, 0.29) is 0 Å². The fourth-order valence-electron chi connectivity index (χ4n) is 2.51. The summed E-state index contributed by atoms with van der Waals surface area (Å²) in [7, 11) is 0. The van der Waals surface area contributed by atoms with Gasteiger partial charge in [-0.25, -0.2) is 4.98 Å². The largest absolute Gasteiger partial charge is 0.435 e. The first-order valence-corrected chi connectivity index (χ1v) is 7.05. The maximum absolute atomic E-state index is 6.13. The van der Waals surface area contributed by atoms with Crippen molar-refractivity contribution in [1.29, 1.82) is 0 Å². The Balaban J connectivity index is 1.88. The molecule has 0 fully saturated rings. The lowest BCUT2D eigenvalue weighted by atomic mass is 10.1. The van der Waals surface area contributed by atoms with Gasteiger partial charge in [0.25, 0.3) is 0 Å². The van der Waals surface area contributed by atoms with Crippen LogP contribution >= 0.6 is 23.2 Å². The summed E-state index contributed by atoms with van der Waals surface area (Å²) in [5, 5.41) is 4.36. The average Bonchev–Trinajstić information content (AvgIpc) is 3.03. The Kier molecular flexibility index (Phi) is 2.74. The van der Waals surface area contributed by atoms with Crippen molar-refractivity contribution in [2.45, 2.75) is 13.1 Å². The van der Waals surface area contributed by atoms with Crippen LogP contribution in [0.25, 0.3) is 22.6 Å². The van der Waals surface area contributed by atoms with Gasteiger partial charge in [0.05, 0.1) is 5.02 Å². The molecule has 0 atom stereocenters. The number of oxazole rings is 1. The molecular formula is C15H10Cl2N2O. The number of fused-ring (bicyclic) bond motifs is 2. The highest BCUT2D eigenvalue weighted by Gasteiger charge is 2.15. The van der Waals surface area contributed by atoms with Crippen LogP contribution < -0.4 is 5.32 Å². The van der Waals surface area contributed by atoms with Crippen LogP contribution in [0.2, 0.25) is 10.0 Å². The lowest BCUT2D eigenvalue weighted by Crippen LogP contribution is -1.99. The Morgan fingerprint density at radius 3 is 2.80 bits per heavy atom. The Labute approximate surface area is 125 Å². The van der Waals surface area contributed by atoms with Gasteiger partial charge >= 0.3 is 0 Å². The Morgan fingerprint density at radius 2 is 1.90 bits per heavy atom. The van der Waals surface area contributed by atoms with Gasteiger partial charge in [-0.2, -0.15) is 0 Å². The van der Waals surface area contributed by atoms with Crippen LogP contribution in [-0.2, 0) is 13.1 Å². The van der Waals surface area contributed by atoms with Crippen LogP contribution in [0.3, 0.4) is 0 Å². The minimum Gasteiger partial charge on any atom is -0.435 e. The molecule has 100 valence electrons. The standard InChI is InChI=1S/C15H10Cl2N2O/c16-11-4-12(17)14-13(5-11)19-15(20-14)8-1-2-9-6-18-7-10(9)3-8/h1-5,18H,6-7H2. The molecule has 4 rings (SSSR count). The third-order valence-corrected chi connectivity index (χ3v) is 3.99. The lowest BCUT2D eigenvalue weighted by Gasteiger charge is -2.00. The molecule has 5 heteroatoms. The second-order valence-electron chi connectivity index (χ2n) is 4.84. The lowest BCUT2D eigenvalue weighted by molar-refractivity contribution is 0.620. The van der Waals surface area contributed by atoms with Gasteiger partial charge < -0.3 is 9.73 Å². The number of aromatic nitrogens is 1. The third kappa shape index (κ3) is 1.90. The van der Waals surface area contributed by atoms with Gasteiger partial charge in [0.2, 0.25) is 5.89 Å². The molecule has 1 N–H and O–H groups in total. The quantitative estimate of drug-likeness (QED) is 0.724. The molecule has 0 saturated carbocycles. The molecule has 2 aromatic carbocycles. The SMILES string of the molecule is Clc1cc(Cl)c2oc(-c3ccc4c(c3)CNC4)nc2c1. The van der Waals surface area contributed by atoms with Gasteiger partial charge in [0.15, 0.2) is 5.58 Å². The molecule has 0 spiro atoms. The first kappa shape index (κ1) is 12.2. The van der Waals surface area contributed by atoms with Gasteiger partial charge in [0.1, 0.15) is 5.52 Å². The molecule has 2 heterocycles. The molecule has 0 aliphatic carbocycles. The van der Waals surface area contributed by atoms with E-state index in [0.717, 1.165) is 18.7 Å². The fourth-order valence-corrected chi connectivity index (χ4v) is 3.03. The van der Waals surface area contributed by atoms with Crippen molar-refractivity contribution in [2.24, 2.45) is 0 Å². The fraction of sp³-hybridized carbons (Fsp3) is 0.133. The summed E-state index contributed by atoms with van der Waals surface area (Å²) in [5.74, 6) is 0.568. The number of nitrogens with one attached hydrogen (secondary N) is 1. The third-order valence-electron chi connectivity index (χ3n) is 3.49. The maximum atomic E-state index is 6.13. The second-order valence-corrected chi connectivity index (χ2v) is 5.69. The number of nitrogens with zero attached hydrogens (tertiary/aromatic N) is 1. The molecular weight excluding hydrogens is 295 g/mol. The zero-order valence-corrected chi connectivity index (χ0v) is 11.9. The Hall–Kier alpha value is -1.55. The highest BCUT2D eigenvalue weighted by molar-refractivity contribution is 6.38. The van der Waals surface area contributed by atoms with Crippen LogP contribution in [0.1, 0.15) is 11.1 Å². The highest BCUT2D eigenvalue weighted by Crippen LogP contribution is 2.32. The molecule has 0 saturated heterocycles. The zero-order chi connectivity index (χ0) is 13.7. The van der Waals surface area contributed by atoms with Crippen molar-refractivity contribution < 1.29 is 4.42 Å². The van der Waals surface area contributed by atoms with E-state index < -0.39 is 0 Å². The van der Waals surface area contributed by atoms with Crippen molar-refractivity contribution >= 4 is 34.3 Å². The normalized spacial score (nSPS) is 13.9. The van der Waals surface area contributed by atoms with E-state index >= 15 is 0 Å². The summed E-state index contributed by atoms with van der Waals surface area (Å²) < 4.78 is 5.78. The first-order valence-electron chi connectivity index (χ1n) is 6.29. The van der Waals surface area contributed by atoms with E-state index in [1.165, 1.54) is 11.1 Å². The van der Waals surface area contributed by atoms with Crippen LogP contribution in [0.4, 0.5) is 0 Å². The number of hydrogen-bond acceptors (Lipinski definition) is 3. The maximum Gasteiger partial charge on any atom is 0.227 e. The molecule has 0 radical (unpaired) electrons. The number of benzene rings is 2. The van der Waals surface area contributed by atoms with Gasteiger partial charge in [-0.3, -0.25) is 0 Å². The Morgan fingerprint density at radius 1 is 1.05 bits per heavy atom. The summed E-state index contributed by atoms with van der Waals surface area (Å²) in [6.07, 6.45) is 0. The van der Waals surface area contributed by atoms with E-state index in [2.05, 4.69) is 22.4 Å². The molecule has 1 aromatic heterocycles. The molecule has 0 amide bonds. The van der Waals surface area contributed by atoms with Crippen LogP contribution in [0.15, 0.2) is 34.7 Å². The average molecular weight is 305 g/mol. The smallest absolute Gasteiger partial charge is 0.227 e. The van der Waals surface area contributed by atoms with Gasteiger partial charge in [-0.1, -0.05) is 29.3 Å². The molecule has 0 bridgehead atoms. The van der Waals surface area contributed by atoms with Crippen molar-refractivity contribution in [3.05, 3.63) is 51.5 Å². The molecule has 20 heavy (non-hydrogen) atoms. The van der Waals surface area contributed by atoms with Gasteiger partial charge in [-0.05, 0) is 35.4 Å². The van der Waals surface area contributed by atoms with Crippen molar-refractivity contribution in [3.63, 3.8) is 0 Å². The highest BCUT2D eigenvalue weighted by atomic mass is 35.5. The van der Waals surface area contributed by atoms with Crippen LogP contribution in [0.5, 0.6) is 0 Å².